The maximum atomic E-state index is 13.5. The van der Waals surface area contributed by atoms with Gasteiger partial charge in [0.05, 0.1) is 42.2 Å². The topological polar surface area (TPSA) is 87.5 Å². The van der Waals surface area contributed by atoms with Gasteiger partial charge in [0.2, 0.25) is 5.88 Å². The van der Waals surface area contributed by atoms with E-state index in [9.17, 15) is 23.1 Å². The van der Waals surface area contributed by atoms with Crippen LogP contribution in [0.2, 0.25) is 5.02 Å². The second-order valence-corrected chi connectivity index (χ2v) is 10.7. The van der Waals surface area contributed by atoms with Gasteiger partial charge in [0.15, 0.2) is 0 Å². The van der Waals surface area contributed by atoms with Crippen LogP contribution in [0.5, 0.6) is 11.6 Å². The van der Waals surface area contributed by atoms with Crippen molar-refractivity contribution in [2.24, 2.45) is 16.9 Å². The monoisotopic (exact) mass is 618 g/mol. The number of carboxylic acid groups (broad SMARTS) is 1. The van der Waals surface area contributed by atoms with Crippen LogP contribution in [0.15, 0.2) is 40.0 Å². The van der Waals surface area contributed by atoms with Gasteiger partial charge in [0, 0.05) is 41.9 Å². The van der Waals surface area contributed by atoms with Gasteiger partial charge in [-0.05, 0) is 34.1 Å². The number of hydrazone groups is 1. The molecular formula is C25H27BrClF3N4O4. The van der Waals surface area contributed by atoms with Gasteiger partial charge in [-0.3, -0.25) is 9.80 Å². The van der Waals surface area contributed by atoms with E-state index in [1.165, 1.54) is 6.92 Å². The first kappa shape index (κ1) is 28.3. The van der Waals surface area contributed by atoms with E-state index < -0.39 is 36.2 Å². The number of piperidine rings is 1. The standard InChI is InChI=1S/C25H27BrClF3N4O4/c1-13-12-33(20-9-22(37-3)31-11-17(20)27)7-6-21(13)38-15-4-5-18(16(26)8-15)34-19(10-23(35)36)14(2)24(32-34)25(28,29)30/h4-5,8-9,11,13-14,19,21H,6-7,10,12H2,1-3H3,(H,35,36)/t13-,14?,19?,21-/m1/s1. The van der Waals surface area contributed by atoms with Crippen LogP contribution in [-0.2, 0) is 4.79 Å². The zero-order chi connectivity index (χ0) is 27.8. The molecule has 38 heavy (non-hydrogen) atoms. The highest BCUT2D eigenvalue weighted by Crippen LogP contribution is 2.41. The highest BCUT2D eigenvalue weighted by atomic mass is 79.9. The number of anilines is 2. The van der Waals surface area contributed by atoms with Gasteiger partial charge in [0.1, 0.15) is 17.6 Å². The third kappa shape index (κ3) is 5.96. The van der Waals surface area contributed by atoms with Gasteiger partial charge >= 0.3 is 12.1 Å². The van der Waals surface area contributed by atoms with Crippen molar-refractivity contribution in [3.8, 4) is 11.6 Å². The van der Waals surface area contributed by atoms with Crippen LogP contribution >= 0.6 is 27.5 Å². The van der Waals surface area contributed by atoms with E-state index in [-0.39, 0.29) is 12.0 Å². The molecule has 0 radical (unpaired) electrons. The molecule has 1 aromatic heterocycles. The summed E-state index contributed by atoms with van der Waals surface area (Å²) >= 11 is 9.79. The Bertz CT molecular complexity index is 1230. The average molecular weight is 620 g/mol. The summed E-state index contributed by atoms with van der Waals surface area (Å²) in [7, 11) is 1.55. The Morgan fingerprint density at radius 2 is 2.00 bits per heavy atom. The van der Waals surface area contributed by atoms with Crippen molar-refractivity contribution in [1.29, 1.82) is 0 Å². The Hall–Kier alpha value is -2.73. The number of pyridine rings is 1. The van der Waals surface area contributed by atoms with Gasteiger partial charge in [-0.2, -0.15) is 18.3 Å². The molecule has 0 spiro atoms. The summed E-state index contributed by atoms with van der Waals surface area (Å²) in [6.45, 7) is 4.79. The highest BCUT2D eigenvalue weighted by molar-refractivity contribution is 9.10. The highest BCUT2D eigenvalue weighted by Gasteiger charge is 2.49. The molecule has 1 saturated heterocycles. The number of aromatic nitrogens is 1. The Balaban J connectivity index is 1.49. The van der Waals surface area contributed by atoms with Crippen molar-refractivity contribution in [3.05, 3.63) is 40.0 Å². The number of hydrogen-bond acceptors (Lipinski definition) is 7. The Labute approximate surface area is 231 Å². The predicted molar refractivity (Wildman–Crippen MR) is 142 cm³/mol. The number of carbonyl (C=O) groups is 1. The van der Waals surface area contributed by atoms with Crippen molar-refractivity contribution >= 4 is 50.6 Å². The van der Waals surface area contributed by atoms with E-state index in [0.717, 1.165) is 10.7 Å². The average Bonchev–Trinajstić information content (AvgIpc) is 3.16. The van der Waals surface area contributed by atoms with Crippen molar-refractivity contribution in [3.63, 3.8) is 0 Å². The molecule has 0 amide bonds. The number of halogens is 5. The lowest BCUT2D eigenvalue weighted by Crippen LogP contribution is -2.44. The van der Waals surface area contributed by atoms with Crippen LogP contribution in [-0.4, -0.2) is 60.3 Å². The number of methoxy groups -OCH3 is 1. The zero-order valence-corrected chi connectivity index (χ0v) is 23.2. The second-order valence-electron chi connectivity index (χ2n) is 9.44. The maximum absolute atomic E-state index is 13.5. The minimum Gasteiger partial charge on any atom is -0.490 e. The minimum atomic E-state index is -4.66. The number of ether oxygens (including phenoxy) is 2. The van der Waals surface area contributed by atoms with Crippen molar-refractivity contribution in [1.82, 2.24) is 4.98 Å². The van der Waals surface area contributed by atoms with Gasteiger partial charge in [0.25, 0.3) is 0 Å². The minimum absolute atomic E-state index is 0.104. The molecule has 8 nitrogen and oxygen atoms in total. The summed E-state index contributed by atoms with van der Waals surface area (Å²) in [6.07, 6.45) is -2.97. The maximum Gasteiger partial charge on any atom is 0.431 e. The molecular weight excluding hydrogens is 593 g/mol. The SMILES string of the molecule is COc1cc(N2CC[C@@H](Oc3ccc(N4N=C(C(F)(F)F)C(C)C4CC(=O)O)c(Br)c3)[C@H](C)C2)c(Cl)cn1. The molecule has 4 atom stereocenters. The van der Waals surface area contributed by atoms with Crippen molar-refractivity contribution in [2.75, 3.05) is 30.1 Å². The fourth-order valence-corrected chi connectivity index (χ4v) is 5.63. The number of hydrogen-bond donors (Lipinski definition) is 1. The molecule has 0 aliphatic carbocycles. The van der Waals surface area contributed by atoms with Crippen LogP contribution in [0.3, 0.4) is 0 Å². The summed E-state index contributed by atoms with van der Waals surface area (Å²) in [5.74, 6) is -1.15. The first-order valence-corrected chi connectivity index (χ1v) is 13.1. The van der Waals surface area contributed by atoms with Gasteiger partial charge in [-0.1, -0.05) is 25.4 Å². The zero-order valence-electron chi connectivity index (χ0n) is 20.9. The van der Waals surface area contributed by atoms with Crippen LogP contribution in [0, 0.1) is 11.8 Å². The number of benzene rings is 1. The first-order valence-electron chi connectivity index (χ1n) is 12.0. The number of rotatable bonds is 7. The van der Waals surface area contributed by atoms with Crippen LogP contribution < -0.4 is 19.4 Å². The molecule has 2 aliphatic heterocycles. The number of carboxylic acids is 1. The summed E-state index contributed by atoms with van der Waals surface area (Å²) in [4.78, 5) is 17.7. The molecule has 2 aromatic rings. The molecule has 2 aliphatic rings. The third-order valence-electron chi connectivity index (χ3n) is 6.85. The summed E-state index contributed by atoms with van der Waals surface area (Å²) in [5, 5.41) is 14.7. The fourth-order valence-electron chi connectivity index (χ4n) is 4.87. The van der Waals surface area contributed by atoms with Gasteiger partial charge in [-0.25, -0.2) is 4.98 Å². The molecule has 13 heteroatoms. The lowest BCUT2D eigenvalue weighted by Gasteiger charge is -2.38. The molecule has 0 bridgehead atoms. The van der Waals surface area contributed by atoms with E-state index in [1.54, 1.807) is 37.6 Å². The molecule has 2 unspecified atom stereocenters. The molecule has 3 heterocycles. The van der Waals surface area contributed by atoms with Gasteiger partial charge < -0.3 is 19.5 Å². The fraction of sp³-hybridized carbons (Fsp3) is 0.480. The Morgan fingerprint density at radius 1 is 1.26 bits per heavy atom. The largest absolute Gasteiger partial charge is 0.490 e. The summed E-state index contributed by atoms with van der Waals surface area (Å²) in [5.41, 5.74) is 0.174. The summed E-state index contributed by atoms with van der Waals surface area (Å²) < 4.78 is 52.5. The molecule has 1 aromatic carbocycles. The van der Waals surface area contributed by atoms with Gasteiger partial charge in [-0.15, -0.1) is 0 Å². The number of alkyl halides is 3. The molecule has 4 rings (SSSR count). The van der Waals surface area contributed by atoms with E-state index in [1.807, 2.05) is 0 Å². The van der Waals surface area contributed by atoms with E-state index in [4.69, 9.17) is 21.1 Å². The quantitative estimate of drug-likeness (QED) is 0.406. The molecule has 0 saturated carbocycles. The lowest BCUT2D eigenvalue weighted by molar-refractivity contribution is -0.137. The molecule has 206 valence electrons. The van der Waals surface area contributed by atoms with E-state index in [0.29, 0.717) is 46.3 Å². The van der Waals surface area contributed by atoms with Crippen LogP contribution in [0.25, 0.3) is 0 Å². The van der Waals surface area contributed by atoms with Crippen molar-refractivity contribution in [2.45, 2.75) is 45.0 Å². The lowest BCUT2D eigenvalue weighted by atomic mass is 9.94. The molecule has 1 fully saturated rings. The van der Waals surface area contributed by atoms with E-state index in [2.05, 4.69) is 37.8 Å². The smallest absolute Gasteiger partial charge is 0.431 e. The first-order chi connectivity index (χ1) is 17.9. The number of aliphatic carboxylic acids is 1. The molecule has 1 N–H and O–H groups in total. The number of nitrogens with zero attached hydrogens (tertiary/aromatic N) is 4. The third-order valence-corrected chi connectivity index (χ3v) is 7.78. The van der Waals surface area contributed by atoms with Crippen molar-refractivity contribution < 1.29 is 32.5 Å². The van der Waals surface area contributed by atoms with Crippen LogP contribution in [0.1, 0.15) is 26.7 Å². The van der Waals surface area contributed by atoms with E-state index >= 15 is 0 Å². The Kier molecular flexibility index (Phi) is 8.32. The van der Waals surface area contributed by atoms with Crippen LogP contribution in [0.4, 0.5) is 24.5 Å². The second kappa shape index (κ2) is 11.2. The normalized spacial score (nSPS) is 23.8. The Morgan fingerprint density at radius 3 is 2.61 bits per heavy atom. The predicted octanol–water partition coefficient (Wildman–Crippen LogP) is 6.02. The summed E-state index contributed by atoms with van der Waals surface area (Å²) in [6, 6.07) is 5.74.